The summed E-state index contributed by atoms with van der Waals surface area (Å²) >= 11 is 5.16. The SMILES string of the molecule is CC1N=C(SC2=CCCC=C(NC(=O)CCC(CC3CCCCC3)C3CCSCC3)S2)N(C)C1C(=O)O. The summed E-state index contributed by atoms with van der Waals surface area (Å²) in [4.78, 5) is 31.0. The van der Waals surface area contributed by atoms with Crippen molar-refractivity contribution in [3.8, 4) is 0 Å². The molecule has 1 saturated carbocycles. The minimum atomic E-state index is -0.849. The first-order valence-corrected chi connectivity index (χ1v) is 16.9. The summed E-state index contributed by atoms with van der Waals surface area (Å²) in [5.74, 6) is 4.16. The highest BCUT2D eigenvalue weighted by molar-refractivity contribution is 8.30. The zero-order chi connectivity index (χ0) is 26.2. The molecule has 0 radical (unpaired) electrons. The lowest BCUT2D eigenvalue weighted by Crippen LogP contribution is -2.41. The number of carbonyl (C=O) groups is 2. The lowest BCUT2D eigenvalue weighted by molar-refractivity contribution is -0.141. The second-order valence-electron chi connectivity index (χ2n) is 11.0. The highest BCUT2D eigenvalue weighted by Crippen LogP contribution is 2.40. The van der Waals surface area contributed by atoms with Gasteiger partial charge in [-0.1, -0.05) is 56.0 Å². The number of hydrogen-bond acceptors (Lipinski definition) is 7. The van der Waals surface area contributed by atoms with Gasteiger partial charge < -0.3 is 15.3 Å². The van der Waals surface area contributed by atoms with E-state index in [1.165, 1.54) is 74.6 Å². The average molecular weight is 566 g/mol. The molecule has 0 aromatic heterocycles. The van der Waals surface area contributed by atoms with E-state index in [0.717, 1.165) is 45.5 Å². The van der Waals surface area contributed by atoms with Crippen LogP contribution in [0.2, 0.25) is 0 Å². The first-order chi connectivity index (χ1) is 17.9. The Morgan fingerprint density at radius 1 is 1.16 bits per heavy atom. The largest absolute Gasteiger partial charge is 0.480 e. The molecule has 2 fully saturated rings. The van der Waals surface area contributed by atoms with Crippen LogP contribution in [0.25, 0.3) is 0 Å². The van der Waals surface area contributed by atoms with Gasteiger partial charge in [-0.15, -0.1) is 0 Å². The second-order valence-corrected chi connectivity index (χ2v) is 14.5. The third-order valence-electron chi connectivity index (χ3n) is 8.25. The Hall–Kier alpha value is -1.06. The number of nitrogens with one attached hydrogen (secondary N) is 1. The lowest BCUT2D eigenvalue weighted by Gasteiger charge is -2.34. The molecule has 3 atom stereocenters. The Kier molecular flexibility index (Phi) is 11.2. The molecule has 1 saturated heterocycles. The molecule has 206 valence electrons. The van der Waals surface area contributed by atoms with Gasteiger partial charge >= 0.3 is 5.97 Å². The first-order valence-electron chi connectivity index (χ1n) is 14.1. The number of aliphatic imine (C=N–C) groups is 1. The van der Waals surface area contributed by atoms with Gasteiger partial charge in [0, 0.05) is 13.5 Å². The fourth-order valence-corrected chi connectivity index (χ4v) is 9.63. The predicted octanol–water partition coefficient (Wildman–Crippen LogP) is 6.70. The topological polar surface area (TPSA) is 82.0 Å². The quantitative estimate of drug-likeness (QED) is 0.322. The van der Waals surface area contributed by atoms with Crippen LogP contribution in [0, 0.1) is 17.8 Å². The molecule has 2 N–H and O–H groups in total. The Labute approximate surface area is 235 Å². The highest BCUT2D eigenvalue weighted by atomic mass is 32.2. The van der Waals surface area contributed by atoms with E-state index in [2.05, 4.69) is 34.2 Å². The molecule has 0 aromatic carbocycles. The van der Waals surface area contributed by atoms with Crippen LogP contribution in [0.15, 0.2) is 26.4 Å². The molecule has 9 heteroatoms. The number of hydrogen-bond donors (Lipinski definition) is 2. The van der Waals surface area contributed by atoms with Gasteiger partial charge in [0.05, 0.1) is 15.3 Å². The van der Waals surface area contributed by atoms with Crippen LogP contribution in [0.1, 0.15) is 84.0 Å². The summed E-state index contributed by atoms with van der Waals surface area (Å²) in [6, 6.07) is -0.904. The van der Waals surface area contributed by atoms with Crippen molar-refractivity contribution in [3.63, 3.8) is 0 Å². The molecule has 37 heavy (non-hydrogen) atoms. The molecule has 1 amide bonds. The minimum absolute atomic E-state index is 0.124. The van der Waals surface area contributed by atoms with E-state index >= 15 is 0 Å². The van der Waals surface area contributed by atoms with Crippen molar-refractivity contribution >= 4 is 52.3 Å². The molecule has 0 spiro atoms. The number of carbonyl (C=O) groups excluding carboxylic acids is 1. The highest BCUT2D eigenvalue weighted by Gasteiger charge is 2.37. The van der Waals surface area contributed by atoms with Gasteiger partial charge in [-0.3, -0.25) is 9.79 Å². The molecular weight excluding hydrogens is 523 g/mol. The fraction of sp³-hybridized carbons (Fsp3) is 0.750. The van der Waals surface area contributed by atoms with Crippen molar-refractivity contribution in [2.45, 2.75) is 96.1 Å². The van der Waals surface area contributed by atoms with Gasteiger partial charge in [0.2, 0.25) is 5.91 Å². The van der Waals surface area contributed by atoms with Crippen molar-refractivity contribution in [3.05, 3.63) is 21.4 Å². The van der Waals surface area contributed by atoms with Crippen LogP contribution in [0.4, 0.5) is 0 Å². The summed E-state index contributed by atoms with van der Waals surface area (Å²) in [6.45, 7) is 1.84. The van der Waals surface area contributed by atoms with Crippen molar-refractivity contribution in [2.24, 2.45) is 22.7 Å². The standard InChI is InChI=1S/C28H43N3O3S3/c1-19-26(27(33)34)31(2)28(29-19)37-25-11-7-6-10-24(36-25)30-23(32)13-12-22(21-14-16-35-17-15-21)18-20-8-4-3-5-9-20/h10-11,19-22,26H,3-9,12-18H2,1-2H3,(H,30,32)(H,33,34). The summed E-state index contributed by atoms with van der Waals surface area (Å²) in [6.07, 6.45) is 18.5. The Morgan fingerprint density at radius 3 is 2.59 bits per heavy atom. The molecule has 3 unspecified atom stereocenters. The average Bonchev–Trinajstić information content (AvgIpc) is 3.02. The third-order valence-corrected chi connectivity index (χ3v) is 11.6. The zero-order valence-corrected chi connectivity index (χ0v) is 24.8. The van der Waals surface area contributed by atoms with Gasteiger partial charge in [-0.05, 0) is 86.5 Å². The van der Waals surface area contributed by atoms with E-state index in [4.69, 9.17) is 0 Å². The molecular formula is C28H43N3O3S3. The van der Waals surface area contributed by atoms with Crippen molar-refractivity contribution < 1.29 is 14.7 Å². The number of aliphatic carboxylic acids is 1. The molecule has 0 bridgehead atoms. The van der Waals surface area contributed by atoms with Crippen LogP contribution >= 0.6 is 35.3 Å². The van der Waals surface area contributed by atoms with Crippen LogP contribution in [-0.4, -0.2) is 57.7 Å². The van der Waals surface area contributed by atoms with Gasteiger partial charge in [0.1, 0.15) is 0 Å². The van der Waals surface area contributed by atoms with Gasteiger partial charge in [0.15, 0.2) is 11.2 Å². The summed E-state index contributed by atoms with van der Waals surface area (Å²) < 4.78 is 1.04. The zero-order valence-electron chi connectivity index (χ0n) is 22.3. The van der Waals surface area contributed by atoms with E-state index < -0.39 is 12.0 Å². The van der Waals surface area contributed by atoms with E-state index in [1.54, 1.807) is 23.7 Å². The fourth-order valence-electron chi connectivity index (χ4n) is 6.19. The number of allylic oxidation sites excluding steroid dienone is 2. The molecule has 6 nitrogen and oxygen atoms in total. The van der Waals surface area contributed by atoms with E-state index in [9.17, 15) is 14.7 Å². The smallest absolute Gasteiger partial charge is 0.328 e. The maximum absolute atomic E-state index is 13.1. The monoisotopic (exact) mass is 565 g/mol. The van der Waals surface area contributed by atoms with Gasteiger partial charge in [-0.25, -0.2) is 4.79 Å². The number of thioether (sulfide) groups is 3. The van der Waals surface area contributed by atoms with E-state index in [-0.39, 0.29) is 11.9 Å². The van der Waals surface area contributed by atoms with Crippen molar-refractivity contribution in [1.29, 1.82) is 0 Å². The number of carboxylic acid groups (broad SMARTS) is 1. The summed E-state index contributed by atoms with van der Waals surface area (Å²) in [5.41, 5.74) is 0. The van der Waals surface area contributed by atoms with Crippen molar-refractivity contribution in [2.75, 3.05) is 18.6 Å². The lowest BCUT2D eigenvalue weighted by atomic mass is 9.75. The predicted molar refractivity (Wildman–Crippen MR) is 159 cm³/mol. The number of likely N-dealkylation sites (N-methyl/N-ethyl adjacent to an activating group) is 1. The molecule has 3 heterocycles. The van der Waals surface area contributed by atoms with Gasteiger partial charge in [-0.2, -0.15) is 11.8 Å². The van der Waals surface area contributed by atoms with E-state index in [1.807, 2.05) is 6.92 Å². The van der Waals surface area contributed by atoms with Crippen LogP contribution in [0.5, 0.6) is 0 Å². The second kappa shape index (κ2) is 14.4. The Balaban J connectivity index is 1.29. The summed E-state index contributed by atoms with van der Waals surface area (Å²) in [7, 11) is 1.79. The van der Waals surface area contributed by atoms with Crippen LogP contribution in [-0.2, 0) is 9.59 Å². The maximum Gasteiger partial charge on any atom is 0.328 e. The first kappa shape index (κ1) is 28.9. The molecule has 4 rings (SSSR count). The third kappa shape index (κ3) is 8.46. The maximum atomic E-state index is 13.1. The van der Waals surface area contributed by atoms with Crippen LogP contribution in [0.3, 0.4) is 0 Å². The Bertz CT molecular complexity index is 894. The molecule has 3 aliphatic heterocycles. The van der Waals surface area contributed by atoms with Gasteiger partial charge in [0.25, 0.3) is 0 Å². The summed E-state index contributed by atoms with van der Waals surface area (Å²) in [5, 5.41) is 14.3. The number of amidine groups is 1. The normalized spacial score (nSPS) is 26.6. The number of carboxylic acids is 1. The number of nitrogens with zero attached hydrogens (tertiary/aromatic N) is 2. The number of rotatable bonds is 9. The van der Waals surface area contributed by atoms with E-state index in [0.29, 0.717) is 12.3 Å². The molecule has 4 aliphatic rings. The molecule has 0 aromatic rings. The van der Waals surface area contributed by atoms with Crippen LogP contribution < -0.4 is 5.32 Å². The minimum Gasteiger partial charge on any atom is -0.480 e. The number of amides is 1. The van der Waals surface area contributed by atoms with Crippen molar-refractivity contribution in [1.82, 2.24) is 10.2 Å². The Morgan fingerprint density at radius 2 is 1.89 bits per heavy atom. The molecule has 1 aliphatic carbocycles.